The van der Waals surface area contributed by atoms with Crippen LogP contribution >= 0.6 is 0 Å². The third-order valence-corrected chi connectivity index (χ3v) is 8.96. The SMILES string of the molecule is COCc1c2cc(c(COC)c1OCC(C)=O)Cc1ccc(cc1)Cc1cc(c(COC)c(OCC(C)=O)c1COC)Cc1ccc(cc1)C2. The maximum absolute atomic E-state index is 12.1. The first kappa shape index (κ1) is 36.9. The number of carbonyl (C=O) groups is 2. The summed E-state index contributed by atoms with van der Waals surface area (Å²) >= 11 is 0. The monoisotopic (exact) mass is 680 g/mol. The van der Waals surface area contributed by atoms with Crippen LogP contribution in [0.4, 0.5) is 0 Å². The highest BCUT2D eigenvalue weighted by Crippen LogP contribution is 2.37. The standard InChI is InChI=1S/C42H48O8/c1-27(43)21-49-41-37(23-45-3)33-15-29-7-11-31(12-8-29)17-35-20-36(40(26-48-6)42(39(35)25-47-5)50-22-28(2)44)18-32-13-9-30(10-14-32)16-34(19-33)38(41)24-46-4/h7-14,19-20H,15-18,21-26H2,1-6H3. The molecule has 0 amide bonds. The van der Waals surface area contributed by atoms with Crippen molar-refractivity contribution in [3.05, 3.63) is 127 Å². The van der Waals surface area contributed by atoms with Crippen LogP contribution in [0.15, 0.2) is 60.7 Å². The number of hydrogen-bond acceptors (Lipinski definition) is 8. The zero-order chi connectivity index (χ0) is 35.6. The molecule has 0 unspecified atom stereocenters. The van der Waals surface area contributed by atoms with E-state index in [9.17, 15) is 9.59 Å². The summed E-state index contributed by atoms with van der Waals surface area (Å²) in [4.78, 5) is 24.2. The van der Waals surface area contributed by atoms with Crippen LogP contribution in [-0.4, -0.2) is 53.2 Å². The van der Waals surface area contributed by atoms with E-state index in [2.05, 4.69) is 60.7 Å². The fourth-order valence-electron chi connectivity index (χ4n) is 6.68. The van der Waals surface area contributed by atoms with E-state index in [-0.39, 0.29) is 24.8 Å². The van der Waals surface area contributed by atoms with Crippen molar-refractivity contribution < 1.29 is 38.0 Å². The number of ether oxygens (including phenoxy) is 6. The largest absolute Gasteiger partial charge is 0.485 e. The van der Waals surface area contributed by atoms with Gasteiger partial charge in [0, 0.05) is 50.7 Å². The number of rotatable bonds is 14. The van der Waals surface area contributed by atoms with Gasteiger partial charge in [0.15, 0.2) is 11.6 Å². The lowest BCUT2D eigenvalue weighted by atomic mass is 9.88. The molecular weight excluding hydrogens is 632 g/mol. The average Bonchev–Trinajstić information content (AvgIpc) is 3.09. The highest BCUT2D eigenvalue weighted by molar-refractivity contribution is 5.77. The molecule has 0 radical (unpaired) electrons. The van der Waals surface area contributed by atoms with Crippen molar-refractivity contribution in [3.63, 3.8) is 0 Å². The van der Waals surface area contributed by atoms with Crippen LogP contribution in [0.25, 0.3) is 0 Å². The third-order valence-electron chi connectivity index (χ3n) is 8.96. The Balaban J connectivity index is 1.70. The highest BCUT2D eigenvalue weighted by atomic mass is 16.5. The summed E-state index contributed by atoms with van der Waals surface area (Å²) < 4.78 is 35.3. The first-order chi connectivity index (χ1) is 24.2. The van der Waals surface area contributed by atoms with Crippen molar-refractivity contribution in [1.29, 1.82) is 0 Å². The Morgan fingerprint density at radius 2 is 0.700 bits per heavy atom. The number of benzene rings is 4. The summed E-state index contributed by atoms with van der Waals surface area (Å²) in [5, 5.41) is 0. The molecule has 0 heterocycles. The van der Waals surface area contributed by atoms with Gasteiger partial charge in [0.1, 0.15) is 24.7 Å². The van der Waals surface area contributed by atoms with E-state index in [1.54, 1.807) is 28.4 Å². The summed E-state index contributed by atoms with van der Waals surface area (Å²) in [5.41, 5.74) is 12.6. The molecule has 4 aromatic carbocycles. The quantitative estimate of drug-likeness (QED) is 0.125. The second-order valence-electron chi connectivity index (χ2n) is 13.0. The van der Waals surface area contributed by atoms with Gasteiger partial charge in [0.25, 0.3) is 0 Å². The van der Waals surface area contributed by atoms with Gasteiger partial charge in [-0.1, -0.05) is 60.7 Å². The Kier molecular flexibility index (Phi) is 13.0. The molecule has 4 aromatic rings. The van der Waals surface area contributed by atoms with Crippen molar-refractivity contribution in [2.45, 2.75) is 66.0 Å². The van der Waals surface area contributed by atoms with Gasteiger partial charge in [-0.2, -0.15) is 0 Å². The van der Waals surface area contributed by atoms with Crippen molar-refractivity contribution >= 4 is 11.6 Å². The van der Waals surface area contributed by atoms with Gasteiger partial charge < -0.3 is 28.4 Å². The molecular formula is C42H48O8. The molecule has 0 saturated heterocycles. The van der Waals surface area contributed by atoms with Crippen molar-refractivity contribution in [1.82, 2.24) is 0 Å². The molecule has 0 aromatic heterocycles. The fraction of sp³-hybridized carbons (Fsp3) is 0.381. The lowest BCUT2D eigenvalue weighted by Gasteiger charge is -2.23. The van der Waals surface area contributed by atoms with Crippen LogP contribution in [0.5, 0.6) is 11.5 Å². The van der Waals surface area contributed by atoms with Crippen molar-refractivity contribution in [3.8, 4) is 11.5 Å². The Morgan fingerprint density at radius 1 is 0.460 bits per heavy atom. The lowest BCUT2D eigenvalue weighted by molar-refractivity contribution is -0.119. The molecule has 0 spiro atoms. The van der Waals surface area contributed by atoms with Crippen molar-refractivity contribution in [2.24, 2.45) is 0 Å². The Bertz CT molecular complexity index is 1550. The predicted octanol–water partition coefficient (Wildman–Crippen LogP) is 6.88. The van der Waals surface area contributed by atoms with E-state index in [0.717, 1.165) is 66.8 Å². The molecule has 50 heavy (non-hydrogen) atoms. The Labute approximate surface area is 295 Å². The van der Waals surface area contributed by atoms with Crippen molar-refractivity contribution in [2.75, 3.05) is 41.7 Å². The van der Waals surface area contributed by atoms with Gasteiger partial charge in [-0.15, -0.1) is 0 Å². The Hall–Kier alpha value is -4.34. The van der Waals surface area contributed by atoms with Crippen LogP contribution < -0.4 is 9.47 Å². The van der Waals surface area contributed by atoms with E-state index in [4.69, 9.17) is 28.4 Å². The average molecular weight is 681 g/mol. The second kappa shape index (κ2) is 17.5. The van der Waals surface area contributed by atoms with Gasteiger partial charge in [-0.05, 0) is 84.0 Å². The summed E-state index contributed by atoms with van der Waals surface area (Å²) in [7, 11) is 6.68. The second-order valence-corrected chi connectivity index (χ2v) is 13.0. The van der Waals surface area contributed by atoms with Crippen LogP contribution in [0, 0.1) is 0 Å². The first-order valence-electron chi connectivity index (χ1n) is 16.9. The van der Waals surface area contributed by atoms with Crippen LogP contribution in [0.1, 0.15) is 80.6 Å². The minimum Gasteiger partial charge on any atom is -0.485 e. The zero-order valence-electron chi connectivity index (χ0n) is 30.1. The smallest absolute Gasteiger partial charge is 0.167 e. The van der Waals surface area contributed by atoms with Gasteiger partial charge in [-0.3, -0.25) is 9.59 Å². The molecule has 8 heteroatoms. The van der Waals surface area contributed by atoms with E-state index >= 15 is 0 Å². The fourth-order valence-corrected chi connectivity index (χ4v) is 6.68. The number of methoxy groups -OCH3 is 4. The molecule has 4 aliphatic rings. The topological polar surface area (TPSA) is 89.5 Å². The molecule has 8 bridgehead atoms. The van der Waals surface area contributed by atoms with Crippen LogP contribution in [0.2, 0.25) is 0 Å². The van der Waals surface area contributed by atoms with E-state index in [1.807, 2.05) is 0 Å². The molecule has 0 saturated carbocycles. The minimum absolute atomic E-state index is 0.0303. The molecule has 0 aliphatic heterocycles. The molecule has 0 fully saturated rings. The van der Waals surface area contributed by atoms with Crippen LogP contribution in [0.3, 0.4) is 0 Å². The highest BCUT2D eigenvalue weighted by Gasteiger charge is 2.23. The maximum atomic E-state index is 12.1. The summed E-state index contributed by atoms with van der Waals surface area (Å²) in [5.74, 6) is 1.22. The van der Waals surface area contributed by atoms with Gasteiger partial charge in [0.05, 0.1) is 26.4 Å². The molecule has 264 valence electrons. The molecule has 0 atom stereocenters. The predicted molar refractivity (Wildman–Crippen MR) is 192 cm³/mol. The number of ketones is 2. The molecule has 8 rings (SSSR count). The lowest BCUT2D eigenvalue weighted by Crippen LogP contribution is -2.15. The van der Waals surface area contributed by atoms with Gasteiger partial charge in [0.2, 0.25) is 0 Å². The summed E-state index contributed by atoms with van der Waals surface area (Å²) in [6.45, 7) is 4.35. The minimum atomic E-state index is -0.0546. The van der Waals surface area contributed by atoms with E-state index < -0.39 is 0 Å². The molecule has 8 nitrogen and oxygen atoms in total. The number of Topliss-reactive ketones (excluding diaryl/α,β-unsaturated/α-hetero) is 2. The normalized spacial score (nSPS) is 12.4. The van der Waals surface area contributed by atoms with E-state index in [0.29, 0.717) is 63.6 Å². The summed E-state index contributed by atoms with van der Waals surface area (Å²) in [6, 6.07) is 21.8. The Morgan fingerprint density at radius 3 is 0.900 bits per heavy atom. The van der Waals surface area contributed by atoms with Gasteiger partial charge in [-0.25, -0.2) is 0 Å². The third kappa shape index (κ3) is 9.06. The maximum Gasteiger partial charge on any atom is 0.167 e. The van der Waals surface area contributed by atoms with Gasteiger partial charge >= 0.3 is 0 Å². The summed E-state index contributed by atoms with van der Waals surface area (Å²) in [6.07, 6.45) is 2.62. The van der Waals surface area contributed by atoms with E-state index in [1.165, 1.54) is 13.8 Å². The van der Waals surface area contributed by atoms with Crippen LogP contribution in [-0.2, 0) is 80.6 Å². The first-order valence-corrected chi connectivity index (χ1v) is 16.9. The molecule has 4 aliphatic carbocycles. The number of carbonyl (C=O) groups excluding carboxylic acids is 2. The zero-order valence-corrected chi connectivity index (χ0v) is 30.1. The molecule has 0 N–H and O–H groups in total. The number of hydrogen-bond donors (Lipinski definition) is 0.